The van der Waals surface area contributed by atoms with Crippen molar-refractivity contribution in [2.45, 2.75) is 12.5 Å². The molecular formula is C15H19N3O4S. The second-order valence-corrected chi connectivity index (χ2v) is 7.15. The Bertz CT molecular complexity index is 713. The Morgan fingerprint density at radius 1 is 1.39 bits per heavy atom. The van der Waals surface area contributed by atoms with Gasteiger partial charge in [-0.05, 0) is 36.8 Å². The monoisotopic (exact) mass is 337 g/mol. The Hall–Kier alpha value is -2.19. The predicted octanol–water partition coefficient (Wildman–Crippen LogP) is 0.257. The maximum atomic E-state index is 12.0. The summed E-state index contributed by atoms with van der Waals surface area (Å²) in [6.07, 6.45) is 1.69. The molecule has 0 spiro atoms. The van der Waals surface area contributed by atoms with Gasteiger partial charge in [0.15, 0.2) is 0 Å². The quantitative estimate of drug-likeness (QED) is 0.753. The number of likely N-dealkylation sites (N-methyl/N-ethyl adjacent to an activating group) is 1. The molecule has 1 aliphatic rings. The van der Waals surface area contributed by atoms with Crippen molar-refractivity contribution in [1.82, 2.24) is 10.0 Å². The fourth-order valence-electron chi connectivity index (χ4n) is 2.23. The molecule has 0 radical (unpaired) electrons. The number of carbonyl (C=O) groups is 2. The van der Waals surface area contributed by atoms with Gasteiger partial charge in [0.25, 0.3) is 5.91 Å². The molecule has 2 N–H and O–H groups in total. The maximum absolute atomic E-state index is 12.0. The van der Waals surface area contributed by atoms with E-state index in [4.69, 9.17) is 0 Å². The van der Waals surface area contributed by atoms with Crippen LogP contribution in [0, 0.1) is 0 Å². The smallest absolute Gasteiger partial charge is 0.251 e. The van der Waals surface area contributed by atoms with Gasteiger partial charge < -0.3 is 10.2 Å². The van der Waals surface area contributed by atoms with Crippen molar-refractivity contribution in [3.63, 3.8) is 0 Å². The first-order valence-corrected chi connectivity index (χ1v) is 8.76. The van der Waals surface area contributed by atoms with Crippen LogP contribution in [-0.2, 0) is 14.8 Å². The van der Waals surface area contributed by atoms with Crippen molar-refractivity contribution in [3.05, 3.63) is 42.5 Å². The number of nitrogens with zero attached hydrogens (tertiary/aromatic N) is 1. The molecular weight excluding hydrogens is 318 g/mol. The summed E-state index contributed by atoms with van der Waals surface area (Å²) in [5.74, 6) is -0.442. The van der Waals surface area contributed by atoms with E-state index in [-0.39, 0.29) is 30.2 Å². The van der Waals surface area contributed by atoms with E-state index in [1.165, 1.54) is 11.0 Å². The molecule has 23 heavy (non-hydrogen) atoms. The zero-order chi connectivity index (χ0) is 17.0. The molecule has 0 aromatic heterocycles. The zero-order valence-corrected chi connectivity index (χ0v) is 13.6. The number of amides is 2. The number of benzene rings is 1. The van der Waals surface area contributed by atoms with Crippen LogP contribution in [0.3, 0.4) is 0 Å². The summed E-state index contributed by atoms with van der Waals surface area (Å²) in [6, 6.07) is 6.27. The number of rotatable bonds is 5. The van der Waals surface area contributed by atoms with E-state index in [9.17, 15) is 18.0 Å². The molecule has 2 rings (SSSR count). The van der Waals surface area contributed by atoms with Gasteiger partial charge in [0.2, 0.25) is 15.9 Å². The molecule has 1 unspecified atom stereocenters. The Morgan fingerprint density at radius 3 is 2.57 bits per heavy atom. The van der Waals surface area contributed by atoms with Crippen molar-refractivity contribution in [2.24, 2.45) is 0 Å². The van der Waals surface area contributed by atoms with Crippen molar-refractivity contribution in [1.29, 1.82) is 0 Å². The van der Waals surface area contributed by atoms with Gasteiger partial charge in [0.05, 0.1) is 5.75 Å². The predicted molar refractivity (Wildman–Crippen MR) is 87.7 cm³/mol. The third-order valence-corrected chi connectivity index (χ3v) is 5.08. The topological polar surface area (TPSA) is 95.6 Å². The minimum Gasteiger partial charge on any atom is -0.350 e. The molecule has 1 fully saturated rings. The highest BCUT2D eigenvalue weighted by Crippen LogP contribution is 2.14. The molecule has 0 bridgehead atoms. The van der Waals surface area contributed by atoms with Gasteiger partial charge in [-0.15, -0.1) is 0 Å². The number of anilines is 1. The summed E-state index contributed by atoms with van der Waals surface area (Å²) in [6.45, 7) is 3.67. The second-order valence-electron chi connectivity index (χ2n) is 5.28. The molecule has 1 aromatic carbocycles. The van der Waals surface area contributed by atoms with Gasteiger partial charge in [0, 0.05) is 30.9 Å². The van der Waals surface area contributed by atoms with E-state index in [0.717, 1.165) is 0 Å². The molecule has 1 aliphatic heterocycles. The Kier molecular flexibility index (Phi) is 5.17. The SMILES string of the molecule is C=CC(=O)N(C)c1ccc(C(=O)NCC2CCS(=O)(=O)N2)cc1. The highest BCUT2D eigenvalue weighted by molar-refractivity contribution is 7.89. The van der Waals surface area contributed by atoms with E-state index in [1.54, 1.807) is 31.3 Å². The Morgan fingerprint density at radius 2 is 2.04 bits per heavy atom. The van der Waals surface area contributed by atoms with Gasteiger partial charge in [-0.2, -0.15) is 0 Å². The largest absolute Gasteiger partial charge is 0.350 e. The number of nitrogens with one attached hydrogen (secondary N) is 2. The van der Waals surface area contributed by atoms with Crippen LogP contribution < -0.4 is 14.9 Å². The van der Waals surface area contributed by atoms with Gasteiger partial charge in [-0.25, -0.2) is 13.1 Å². The van der Waals surface area contributed by atoms with Crippen LogP contribution in [0.25, 0.3) is 0 Å². The minimum absolute atomic E-state index is 0.0892. The molecule has 0 aliphatic carbocycles. The van der Waals surface area contributed by atoms with Crippen LogP contribution in [0.1, 0.15) is 16.8 Å². The number of carbonyl (C=O) groups excluding carboxylic acids is 2. The van der Waals surface area contributed by atoms with Crippen molar-refractivity contribution in [3.8, 4) is 0 Å². The fraction of sp³-hybridized carbons (Fsp3) is 0.333. The number of hydrogen-bond acceptors (Lipinski definition) is 4. The van der Waals surface area contributed by atoms with Gasteiger partial charge in [0.1, 0.15) is 0 Å². The standard InChI is InChI=1S/C15H19N3O4S/c1-3-14(19)18(2)13-6-4-11(5-7-13)15(20)16-10-12-8-9-23(21,22)17-12/h3-7,12,17H,1,8-10H2,2H3,(H,16,20). The summed E-state index contributed by atoms with van der Waals surface area (Å²) in [4.78, 5) is 25.0. The van der Waals surface area contributed by atoms with Crippen LogP contribution >= 0.6 is 0 Å². The summed E-state index contributed by atoms with van der Waals surface area (Å²) < 4.78 is 25.0. The Labute approximate surface area is 135 Å². The van der Waals surface area contributed by atoms with Crippen LogP contribution in [0.15, 0.2) is 36.9 Å². The lowest BCUT2D eigenvalue weighted by molar-refractivity contribution is -0.113. The molecule has 7 nitrogen and oxygen atoms in total. The molecule has 2 amide bonds. The van der Waals surface area contributed by atoms with Crippen molar-refractivity contribution in [2.75, 3.05) is 24.2 Å². The highest BCUT2D eigenvalue weighted by Gasteiger charge is 2.26. The second kappa shape index (κ2) is 6.93. The first-order valence-electron chi connectivity index (χ1n) is 7.11. The van der Waals surface area contributed by atoms with E-state index in [0.29, 0.717) is 17.7 Å². The zero-order valence-electron chi connectivity index (χ0n) is 12.8. The fourth-order valence-corrected chi connectivity index (χ4v) is 3.65. The lowest BCUT2D eigenvalue weighted by atomic mass is 10.1. The van der Waals surface area contributed by atoms with Crippen molar-refractivity contribution >= 4 is 27.5 Å². The highest BCUT2D eigenvalue weighted by atomic mass is 32.2. The minimum atomic E-state index is -3.18. The van der Waals surface area contributed by atoms with Crippen LogP contribution in [-0.4, -0.2) is 45.6 Å². The molecule has 1 atom stereocenters. The lowest BCUT2D eigenvalue weighted by Gasteiger charge is -2.15. The van der Waals surface area contributed by atoms with Crippen LogP contribution in [0.2, 0.25) is 0 Å². The summed E-state index contributed by atoms with van der Waals surface area (Å²) in [5.41, 5.74) is 1.09. The molecule has 8 heteroatoms. The normalized spacial score (nSPS) is 19.1. The average molecular weight is 337 g/mol. The summed E-state index contributed by atoms with van der Waals surface area (Å²) in [5, 5.41) is 2.70. The van der Waals surface area contributed by atoms with E-state index in [1.807, 2.05) is 0 Å². The summed E-state index contributed by atoms with van der Waals surface area (Å²) in [7, 11) is -1.56. The van der Waals surface area contributed by atoms with Crippen LogP contribution in [0.4, 0.5) is 5.69 Å². The summed E-state index contributed by atoms with van der Waals surface area (Å²) >= 11 is 0. The van der Waals surface area contributed by atoms with Gasteiger partial charge in [-0.1, -0.05) is 6.58 Å². The molecule has 1 aromatic rings. The third-order valence-electron chi connectivity index (χ3n) is 3.61. The lowest BCUT2D eigenvalue weighted by Crippen LogP contribution is -2.38. The van der Waals surface area contributed by atoms with E-state index in [2.05, 4.69) is 16.6 Å². The van der Waals surface area contributed by atoms with Gasteiger partial charge in [-0.3, -0.25) is 9.59 Å². The first kappa shape index (κ1) is 17.2. The average Bonchev–Trinajstić information content (AvgIpc) is 2.90. The molecule has 1 saturated heterocycles. The van der Waals surface area contributed by atoms with Gasteiger partial charge >= 0.3 is 0 Å². The van der Waals surface area contributed by atoms with Crippen LogP contribution in [0.5, 0.6) is 0 Å². The van der Waals surface area contributed by atoms with E-state index >= 15 is 0 Å². The molecule has 0 saturated carbocycles. The number of hydrogen-bond donors (Lipinski definition) is 2. The molecule has 1 heterocycles. The number of sulfonamides is 1. The first-order chi connectivity index (χ1) is 10.8. The van der Waals surface area contributed by atoms with E-state index < -0.39 is 10.0 Å². The third kappa shape index (κ3) is 4.40. The molecule has 124 valence electrons. The van der Waals surface area contributed by atoms with Crippen molar-refractivity contribution < 1.29 is 18.0 Å². The Balaban J connectivity index is 1.93. The maximum Gasteiger partial charge on any atom is 0.251 e.